The lowest BCUT2D eigenvalue weighted by Gasteiger charge is -2.29. The highest BCUT2D eigenvalue weighted by Crippen LogP contribution is 2.41. The minimum atomic E-state index is -0.673. The molecule has 0 aliphatic carbocycles. The Morgan fingerprint density at radius 3 is 2.27 bits per heavy atom. The standard InChI is InChI=1S/C18H19NO6S/c1-10-14(17(21)24-3)16(12-6-5-9-26-12)15(18(22)25-4)11(19-10)7-8-13(20)23-2/h5-9,16,19H,1-4H3/b8-7+/t16-/m0/s1. The van der Waals surface area contributed by atoms with E-state index in [4.69, 9.17) is 9.47 Å². The van der Waals surface area contributed by atoms with Crippen molar-refractivity contribution in [2.45, 2.75) is 12.8 Å². The van der Waals surface area contributed by atoms with E-state index in [1.54, 1.807) is 6.92 Å². The molecule has 1 N–H and O–H groups in total. The first-order chi connectivity index (χ1) is 12.4. The van der Waals surface area contributed by atoms with Crippen LogP contribution in [0.15, 0.2) is 52.2 Å². The van der Waals surface area contributed by atoms with Crippen LogP contribution in [0.3, 0.4) is 0 Å². The van der Waals surface area contributed by atoms with Crippen LogP contribution in [0.1, 0.15) is 17.7 Å². The first kappa shape index (κ1) is 19.5. The number of methoxy groups -OCH3 is 3. The van der Waals surface area contributed by atoms with Gasteiger partial charge in [-0.2, -0.15) is 0 Å². The molecule has 0 radical (unpaired) electrons. The summed E-state index contributed by atoms with van der Waals surface area (Å²) in [6.07, 6.45) is 2.61. The number of hydrogen-bond donors (Lipinski definition) is 1. The molecule has 8 heteroatoms. The molecule has 0 saturated carbocycles. The summed E-state index contributed by atoms with van der Waals surface area (Å²) in [6.45, 7) is 1.70. The van der Waals surface area contributed by atoms with Crippen molar-refractivity contribution >= 4 is 29.2 Å². The lowest BCUT2D eigenvalue weighted by molar-refractivity contribution is -0.137. The Balaban J connectivity index is 2.68. The van der Waals surface area contributed by atoms with Crippen LogP contribution in [0, 0.1) is 0 Å². The summed E-state index contributed by atoms with van der Waals surface area (Å²) < 4.78 is 14.4. The second-order valence-corrected chi connectivity index (χ2v) is 6.26. The van der Waals surface area contributed by atoms with Crippen molar-refractivity contribution < 1.29 is 28.6 Å². The fourth-order valence-corrected chi connectivity index (χ4v) is 3.51. The summed E-state index contributed by atoms with van der Waals surface area (Å²) in [4.78, 5) is 37.1. The molecule has 0 fully saturated rings. The quantitative estimate of drug-likeness (QED) is 0.477. The van der Waals surface area contributed by atoms with Crippen LogP contribution in [-0.4, -0.2) is 39.2 Å². The first-order valence-electron chi connectivity index (χ1n) is 7.62. The number of ether oxygens (including phenoxy) is 3. The topological polar surface area (TPSA) is 90.9 Å². The van der Waals surface area contributed by atoms with Gasteiger partial charge in [-0.15, -0.1) is 11.3 Å². The van der Waals surface area contributed by atoms with Crippen LogP contribution in [0.2, 0.25) is 0 Å². The smallest absolute Gasteiger partial charge is 0.336 e. The Labute approximate surface area is 154 Å². The number of allylic oxidation sites excluding steroid dienone is 2. The summed E-state index contributed by atoms with van der Waals surface area (Å²) in [5, 5.41) is 4.83. The molecule has 2 heterocycles. The van der Waals surface area contributed by atoms with Crippen molar-refractivity contribution in [2.75, 3.05) is 21.3 Å². The molecular weight excluding hydrogens is 358 g/mol. The molecule has 1 atom stereocenters. The molecule has 0 bridgehead atoms. The molecule has 0 aromatic carbocycles. The van der Waals surface area contributed by atoms with Crippen LogP contribution in [0.5, 0.6) is 0 Å². The molecule has 0 unspecified atom stereocenters. The van der Waals surface area contributed by atoms with Gasteiger partial charge in [0.25, 0.3) is 0 Å². The van der Waals surface area contributed by atoms with Gasteiger partial charge < -0.3 is 19.5 Å². The molecule has 1 aliphatic heterocycles. The Morgan fingerprint density at radius 1 is 1.08 bits per heavy atom. The van der Waals surface area contributed by atoms with Crippen molar-refractivity contribution in [2.24, 2.45) is 0 Å². The van der Waals surface area contributed by atoms with Gasteiger partial charge in [-0.1, -0.05) is 6.07 Å². The molecule has 2 rings (SSSR count). The van der Waals surface area contributed by atoms with Gasteiger partial charge in [-0.05, 0) is 24.4 Å². The van der Waals surface area contributed by atoms with E-state index in [0.29, 0.717) is 17.0 Å². The maximum absolute atomic E-state index is 12.5. The Bertz CT molecular complexity index is 804. The highest BCUT2D eigenvalue weighted by atomic mass is 32.1. The van der Waals surface area contributed by atoms with E-state index < -0.39 is 23.8 Å². The molecule has 7 nitrogen and oxygen atoms in total. The average Bonchev–Trinajstić information content (AvgIpc) is 3.18. The molecule has 0 spiro atoms. The van der Waals surface area contributed by atoms with Crippen LogP contribution in [-0.2, 0) is 28.6 Å². The van der Waals surface area contributed by atoms with Crippen LogP contribution in [0.25, 0.3) is 0 Å². The summed E-state index contributed by atoms with van der Waals surface area (Å²) in [5.74, 6) is -2.41. The SMILES string of the molecule is COC(=O)/C=C/C1=C(C(=O)OC)[C@@H](c2cccs2)C(C(=O)OC)=C(C)N1. The number of hydrogen-bond acceptors (Lipinski definition) is 8. The number of carbonyl (C=O) groups excluding carboxylic acids is 3. The normalized spacial score (nSPS) is 17.2. The number of thiophene rings is 1. The predicted octanol–water partition coefficient (Wildman–Crippen LogP) is 2.04. The molecule has 1 aliphatic rings. The number of dihydropyridines is 1. The molecular formula is C18H19NO6S. The molecule has 26 heavy (non-hydrogen) atoms. The number of esters is 3. The third kappa shape index (κ3) is 3.85. The van der Waals surface area contributed by atoms with Crippen LogP contribution in [0.4, 0.5) is 0 Å². The van der Waals surface area contributed by atoms with E-state index in [2.05, 4.69) is 10.1 Å². The van der Waals surface area contributed by atoms with Gasteiger partial charge in [-0.3, -0.25) is 0 Å². The van der Waals surface area contributed by atoms with E-state index >= 15 is 0 Å². The fourth-order valence-electron chi connectivity index (χ4n) is 2.66. The van der Waals surface area contributed by atoms with Gasteiger partial charge in [0.1, 0.15) is 0 Å². The van der Waals surface area contributed by atoms with E-state index in [9.17, 15) is 14.4 Å². The minimum Gasteiger partial charge on any atom is -0.466 e. The largest absolute Gasteiger partial charge is 0.466 e. The Hall–Kier alpha value is -2.87. The van der Waals surface area contributed by atoms with Crippen LogP contribution < -0.4 is 5.32 Å². The second kappa shape index (κ2) is 8.48. The van der Waals surface area contributed by atoms with Crippen LogP contribution >= 0.6 is 11.3 Å². The van der Waals surface area contributed by atoms with Crippen molar-refractivity contribution in [3.63, 3.8) is 0 Å². The van der Waals surface area contributed by atoms with Gasteiger partial charge in [0, 0.05) is 22.3 Å². The Kier molecular flexibility index (Phi) is 6.35. The first-order valence-corrected chi connectivity index (χ1v) is 8.50. The van der Waals surface area contributed by atoms with E-state index in [-0.39, 0.29) is 5.57 Å². The zero-order valence-corrected chi connectivity index (χ0v) is 15.6. The van der Waals surface area contributed by atoms with Crippen molar-refractivity contribution in [3.05, 3.63) is 57.1 Å². The second-order valence-electron chi connectivity index (χ2n) is 5.28. The third-order valence-electron chi connectivity index (χ3n) is 3.82. The zero-order chi connectivity index (χ0) is 19.3. The summed E-state index contributed by atoms with van der Waals surface area (Å²) in [7, 11) is 3.79. The lowest BCUT2D eigenvalue weighted by Crippen LogP contribution is -2.32. The maximum Gasteiger partial charge on any atom is 0.336 e. The monoisotopic (exact) mass is 377 g/mol. The minimum absolute atomic E-state index is 0.209. The zero-order valence-electron chi connectivity index (χ0n) is 14.8. The maximum atomic E-state index is 12.5. The summed E-state index contributed by atoms with van der Waals surface area (Å²) in [6, 6.07) is 3.65. The fraction of sp³-hybridized carbons (Fsp3) is 0.278. The predicted molar refractivity (Wildman–Crippen MR) is 95.1 cm³/mol. The highest BCUT2D eigenvalue weighted by molar-refractivity contribution is 7.10. The summed E-state index contributed by atoms with van der Waals surface area (Å²) in [5.41, 5.74) is 1.39. The Morgan fingerprint density at radius 2 is 1.73 bits per heavy atom. The van der Waals surface area contributed by atoms with E-state index in [0.717, 1.165) is 4.88 Å². The van der Waals surface area contributed by atoms with E-state index in [1.807, 2.05) is 17.5 Å². The van der Waals surface area contributed by atoms with Crippen molar-refractivity contribution in [3.8, 4) is 0 Å². The molecule has 138 valence electrons. The number of nitrogens with one attached hydrogen (secondary N) is 1. The van der Waals surface area contributed by atoms with Crippen molar-refractivity contribution in [1.29, 1.82) is 0 Å². The average molecular weight is 377 g/mol. The highest BCUT2D eigenvalue weighted by Gasteiger charge is 2.38. The van der Waals surface area contributed by atoms with Gasteiger partial charge in [0.15, 0.2) is 0 Å². The number of carbonyl (C=O) groups is 3. The number of rotatable bonds is 5. The lowest BCUT2D eigenvalue weighted by atomic mass is 9.84. The van der Waals surface area contributed by atoms with Crippen molar-refractivity contribution in [1.82, 2.24) is 5.32 Å². The van der Waals surface area contributed by atoms with Gasteiger partial charge in [0.2, 0.25) is 0 Å². The molecule has 1 aromatic heterocycles. The molecule has 1 aromatic rings. The third-order valence-corrected chi connectivity index (χ3v) is 4.76. The molecule has 0 amide bonds. The van der Waals surface area contributed by atoms with Gasteiger partial charge >= 0.3 is 17.9 Å². The van der Waals surface area contributed by atoms with Gasteiger partial charge in [-0.25, -0.2) is 14.4 Å². The van der Waals surface area contributed by atoms with Gasteiger partial charge in [0.05, 0.1) is 38.4 Å². The summed E-state index contributed by atoms with van der Waals surface area (Å²) >= 11 is 1.40. The molecule has 0 saturated heterocycles. The van der Waals surface area contributed by atoms with E-state index in [1.165, 1.54) is 44.8 Å².